The van der Waals surface area contributed by atoms with Crippen molar-refractivity contribution < 1.29 is 9.47 Å². The maximum absolute atomic E-state index is 5.88. The Morgan fingerprint density at radius 2 is 1.70 bits per heavy atom. The zero-order valence-corrected chi connectivity index (χ0v) is 15.0. The van der Waals surface area contributed by atoms with Gasteiger partial charge in [-0.2, -0.15) is 0 Å². The highest BCUT2D eigenvalue weighted by Gasteiger charge is 2.05. The van der Waals surface area contributed by atoms with E-state index in [-0.39, 0.29) is 12.4 Å². The van der Waals surface area contributed by atoms with Crippen LogP contribution in [0.15, 0.2) is 42.5 Å². The molecule has 2 aromatic rings. The van der Waals surface area contributed by atoms with Crippen LogP contribution < -0.4 is 14.8 Å². The summed E-state index contributed by atoms with van der Waals surface area (Å²) in [4.78, 5) is 0. The van der Waals surface area contributed by atoms with Crippen LogP contribution in [0.1, 0.15) is 18.1 Å². The molecule has 0 saturated carbocycles. The van der Waals surface area contributed by atoms with Gasteiger partial charge in [0, 0.05) is 11.6 Å². The summed E-state index contributed by atoms with van der Waals surface area (Å²) in [5.41, 5.74) is 2.46. The predicted octanol–water partition coefficient (Wildman–Crippen LogP) is 4.50. The minimum atomic E-state index is 0. The van der Waals surface area contributed by atoms with Crippen LogP contribution in [0.25, 0.3) is 0 Å². The second kappa shape index (κ2) is 10.4. The molecule has 3 nitrogen and oxygen atoms in total. The van der Waals surface area contributed by atoms with Crippen molar-refractivity contribution in [2.24, 2.45) is 0 Å². The summed E-state index contributed by atoms with van der Waals surface area (Å²) in [5, 5.41) is 4.21. The minimum absolute atomic E-state index is 0. The van der Waals surface area contributed by atoms with Crippen molar-refractivity contribution in [1.29, 1.82) is 0 Å². The molecular formula is C18H23Cl2NO2. The average molecular weight is 356 g/mol. The van der Waals surface area contributed by atoms with Crippen LogP contribution in [0, 0.1) is 0 Å². The van der Waals surface area contributed by atoms with Crippen molar-refractivity contribution in [3.63, 3.8) is 0 Å². The maximum atomic E-state index is 5.88. The first-order chi connectivity index (χ1) is 10.7. The molecule has 0 aliphatic heterocycles. The lowest BCUT2D eigenvalue weighted by molar-refractivity contribution is 0.310. The van der Waals surface area contributed by atoms with E-state index >= 15 is 0 Å². The van der Waals surface area contributed by atoms with E-state index < -0.39 is 0 Å². The molecule has 0 amide bonds. The minimum Gasteiger partial charge on any atom is -0.493 e. The molecule has 2 rings (SSSR count). The SMILES string of the molecule is CCOc1ccc(CNCCc2ccc(Cl)cc2)cc1OC.Cl. The van der Waals surface area contributed by atoms with Gasteiger partial charge in [-0.25, -0.2) is 0 Å². The Morgan fingerprint density at radius 3 is 2.35 bits per heavy atom. The zero-order chi connectivity index (χ0) is 15.8. The summed E-state index contributed by atoms with van der Waals surface area (Å²) >= 11 is 5.88. The van der Waals surface area contributed by atoms with Crippen LogP contribution in [-0.4, -0.2) is 20.3 Å². The lowest BCUT2D eigenvalue weighted by Crippen LogP contribution is -2.16. The first-order valence-electron chi connectivity index (χ1n) is 7.47. The lowest BCUT2D eigenvalue weighted by Gasteiger charge is -2.11. The fraction of sp³-hybridized carbons (Fsp3) is 0.333. The first-order valence-corrected chi connectivity index (χ1v) is 7.85. The van der Waals surface area contributed by atoms with E-state index in [0.717, 1.165) is 36.0 Å². The van der Waals surface area contributed by atoms with Gasteiger partial charge in [0.2, 0.25) is 0 Å². The average Bonchev–Trinajstić information content (AvgIpc) is 2.54. The highest BCUT2D eigenvalue weighted by molar-refractivity contribution is 6.30. The largest absolute Gasteiger partial charge is 0.493 e. The molecule has 5 heteroatoms. The molecule has 1 N–H and O–H groups in total. The first kappa shape index (κ1) is 19.6. The molecule has 0 spiro atoms. The van der Waals surface area contributed by atoms with E-state index in [1.807, 2.05) is 31.2 Å². The predicted molar refractivity (Wildman–Crippen MR) is 98.3 cm³/mol. The van der Waals surface area contributed by atoms with E-state index in [1.54, 1.807) is 7.11 Å². The van der Waals surface area contributed by atoms with E-state index in [0.29, 0.717) is 6.61 Å². The molecule has 0 saturated heterocycles. The summed E-state index contributed by atoms with van der Waals surface area (Å²) in [6.45, 7) is 4.31. The molecule has 0 aromatic heterocycles. The lowest BCUT2D eigenvalue weighted by atomic mass is 10.1. The number of hydrogen-bond donors (Lipinski definition) is 1. The molecule has 126 valence electrons. The van der Waals surface area contributed by atoms with Crippen molar-refractivity contribution in [2.45, 2.75) is 19.9 Å². The highest BCUT2D eigenvalue weighted by Crippen LogP contribution is 2.27. The van der Waals surface area contributed by atoms with E-state index in [9.17, 15) is 0 Å². The summed E-state index contributed by atoms with van der Waals surface area (Å²) < 4.78 is 10.9. The zero-order valence-electron chi connectivity index (χ0n) is 13.5. The number of rotatable bonds is 8. The molecule has 0 atom stereocenters. The van der Waals surface area contributed by atoms with Crippen LogP contribution >= 0.6 is 24.0 Å². The second-order valence-electron chi connectivity index (χ2n) is 4.97. The third-order valence-electron chi connectivity index (χ3n) is 3.36. The van der Waals surface area contributed by atoms with Gasteiger partial charge in [0.15, 0.2) is 11.5 Å². The quantitative estimate of drug-likeness (QED) is 0.707. The Morgan fingerprint density at radius 1 is 1.00 bits per heavy atom. The van der Waals surface area contributed by atoms with Crippen LogP contribution in [0.2, 0.25) is 5.02 Å². The molecule has 0 radical (unpaired) electrons. The second-order valence-corrected chi connectivity index (χ2v) is 5.41. The fourth-order valence-electron chi connectivity index (χ4n) is 2.21. The van der Waals surface area contributed by atoms with Gasteiger partial charge >= 0.3 is 0 Å². The summed E-state index contributed by atoms with van der Waals surface area (Å²) in [5.74, 6) is 1.56. The van der Waals surface area contributed by atoms with Gasteiger partial charge in [-0.15, -0.1) is 12.4 Å². The van der Waals surface area contributed by atoms with Crippen molar-refractivity contribution in [2.75, 3.05) is 20.3 Å². The topological polar surface area (TPSA) is 30.5 Å². The van der Waals surface area contributed by atoms with Crippen LogP contribution in [-0.2, 0) is 13.0 Å². The standard InChI is InChI=1S/C18H22ClNO2.ClH/c1-3-22-17-9-6-15(12-18(17)21-2)13-20-11-10-14-4-7-16(19)8-5-14;/h4-9,12,20H,3,10-11,13H2,1-2H3;1H. The van der Waals surface area contributed by atoms with Crippen LogP contribution in [0.4, 0.5) is 0 Å². The Bertz CT molecular complexity index is 588. The monoisotopic (exact) mass is 355 g/mol. The number of halogens is 2. The Balaban J connectivity index is 0.00000264. The molecule has 0 heterocycles. The van der Waals surface area contributed by atoms with Crippen molar-refractivity contribution in [1.82, 2.24) is 5.32 Å². The van der Waals surface area contributed by atoms with E-state index in [2.05, 4.69) is 23.5 Å². The van der Waals surface area contributed by atoms with Gasteiger partial charge in [0.1, 0.15) is 0 Å². The van der Waals surface area contributed by atoms with Crippen molar-refractivity contribution in [3.05, 3.63) is 58.6 Å². The summed E-state index contributed by atoms with van der Waals surface area (Å²) in [7, 11) is 1.66. The Labute approximate surface area is 149 Å². The van der Waals surface area contributed by atoms with Gasteiger partial charge in [0.25, 0.3) is 0 Å². The van der Waals surface area contributed by atoms with Gasteiger partial charge in [0.05, 0.1) is 13.7 Å². The third-order valence-corrected chi connectivity index (χ3v) is 3.61. The van der Waals surface area contributed by atoms with Crippen LogP contribution in [0.5, 0.6) is 11.5 Å². The maximum Gasteiger partial charge on any atom is 0.161 e. The van der Waals surface area contributed by atoms with Gasteiger partial charge in [-0.05, 0) is 55.3 Å². The molecule has 0 unspecified atom stereocenters. The number of hydrogen-bond acceptors (Lipinski definition) is 3. The normalized spacial score (nSPS) is 10.0. The molecule has 0 bridgehead atoms. The third kappa shape index (κ3) is 6.30. The smallest absolute Gasteiger partial charge is 0.161 e. The molecular weight excluding hydrogens is 333 g/mol. The Kier molecular flexibility index (Phi) is 8.85. The molecule has 0 aliphatic carbocycles. The fourth-order valence-corrected chi connectivity index (χ4v) is 2.34. The van der Waals surface area contributed by atoms with Crippen molar-refractivity contribution >= 4 is 24.0 Å². The van der Waals surface area contributed by atoms with Crippen LogP contribution in [0.3, 0.4) is 0 Å². The number of methoxy groups -OCH3 is 1. The van der Waals surface area contributed by atoms with Gasteiger partial charge in [-0.1, -0.05) is 29.8 Å². The van der Waals surface area contributed by atoms with Gasteiger partial charge < -0.3 is 14.8 Å². The van der Waals surface area contributed by atoms with Crippen molar-refractivity contribution in [3.8, 4) is 11.5 Å². The van der Waals surface area contributed by atoms with E-state index in [1.165, 1.54) is 11.1 Å². The Hall–Kier alpha value is -1.42. The highest BCUT2D eigenvalue weighted by atomic mass is 35.5. The molecule has 23 heavy (non-hydrogen) atoms. The molecule has 2 aromatic carbocycles. The molecule has 0 aliphatic rings. The number of ether oxygens (including phenoxy) is 2. The van der Waals surface area contributed by atoms with E-state index in [4.69, 9.17) is 21.1 Å². The number of benzene rings is 2. The number of nitrogens with one attached hydrogen (secondary N) is 1. The van der Waals surface area contributed by atoms with Gasteiger partial charge in [-0.3, -0.25) is 0 Å². The molecule has 0 fully saturated rings. The summed E-state index contributed by atoms with van der Waals surface area (Å²) in [6.07, 6.45) is 0.978. The summed E-state index contributed by atoms with van der Waals surface area (Å²) in [6, 6.07) is 14.0.